The molecule has 0 rings (SSSR count). The van der Waals surface area contributed by atoms with Gasteiger partial charge in [-0.25, -0.2) is 24.2 Å². The lowest BCUT2D eigenvalue weighted by Crippen LogP contribution is -2.56. The van der Waals surface area contributed by atoms with Gasteiger partial charge in [0, 0.05) is 0 Å². The second-order valence-corrected chi connectivity index (χ2v) is 12.7. The van der Waals surface area contributed by atoms with Crippen molar-refractivity contribution >= 4 is 30.2 Å². The van der Waals surface area contributed by atoms with Gasteiger partial charge in [0.15, 0.2) is 6.04 Å². The van der Waals surface area contributed by atoms with Crippen molar-refractivity contribution < 1.29 is 48.3 Å². The second-order valence-electron chi connectivity index (χ2n) is 12.7. The van der Waals surface area contributed by atoms with Crippen molar-refractivity contribution in [2.45, 2.75) is 124 Å². The van der Waals surface area contributed by atoms with Crippen LogP contribution in [0, 0.1) is 0 Å². The molecule has 0 radical (unpaired) electrons. The molecular formula is C25H46N4O10. The molecule has 0 saturated heterocycles. The van der Waals surface area contributed by atoms with E-state index < -0.39 is 77.4 Å². The molecule has 0 spiro atoms. The Morgan fingerprint density at radius 2 is 1.00 bits per heavy atom. The highest BCUT2D eigenvalue weighted by Crippen LogP contribution is 2.14. The number of carbonyl (C=O) groups is 4. The number of carbonyl (C=O) groups excluding carboxylic acids is 4. The number of amides is 3. The Morgan fingerprint density at radius 1 is 0.641 bits per heavy atom. The SMILES string of the molecule is CC(C)(C)OC(=O)NC(=NC[C@H](O)[C@@H](O)[C@H](NC(=O)OC(C)(C)C)C(=O)OC(C)(C)C)NC(=O)OC(C)(C)C. The van der Waals surface area contributed by atoms with Crippen molar-refractivity contribution in [3.8, 4) is 0 Å². The molecule has 39 heavy (non-hydrogen) atoms. The monoisotopic (exact) mass is 562 g/mol. The zero-order valence-electron chi connectivity index (χ0n) is 25.0. The number of aliphatic hydroxyl groups is 2. The van der Waals surface area contributed by atoms with Crippen LogP contribution in [0.4, 0.5) is 14.4 Å². The minimum absolute atomic E-state index is 0.460. The summed E-state index contributed by atoms with van der Waals surface area (Å²) in [6.07, 6.45) is -6.68. The Labute approximate surface area is 230 Å². The molecule has 0 aliphatic carbocycles. The number of aliphatic imine (C=N–C) groups is 1. The molecule has 14 nitrogen and oxygen atoms in total. The highest BCUT2D eigenvalue weighted by molar-refractivity contribution is 6.01. The average Bonchev–Trinajstić information content (AvgIpc) is 2.63. The summed E-state index contributed by atoms with van der Waals surface area (Å²) in [6, 6.07) is -1.75. The van der Waals surface area contributed by atoms with Crippen molar-refractivity contribution in [3.05, 3.63) is 0 Å². The number of nitrogens with zero attached hydrogens (tertiary/aromatic N) is 1. The van der Waals surface area contributed by atoms with Crippen LogP contribution in [-0.4, -0.2) is 87.6 Å². The van der Waals surface area contributed by atoms with Gasteiger partial charge in [0.25, 0.3) is 0 Å². The molecule has 0 bridgehead atoms. The van der Waals surface area contributed by atoms with Gasteiger partial charge in [-0.2, -0.15) is 0 Å². The first-order valence-corrected chi connectivity index (χ1v) is 12.4. The number of ether oxygens (including phenoxy) is 4. The Bertz CT molecular complexity index is 860. The molecular weight excluding hydrogens is 516 g/mol. The molecule has 226 valence electrons. The van der Waals surface area contributed by atoms with Crippen LogP contribution in [0.2, 0.25) is 0 Å². The summed E-state index contributed by atoms with van der Waals surface area (Å²) in [4.78, 5) is 53.5. The summed E-state index contributed by atoms with van der Waals surface area (Å²) >= 11 is 0. The predicted molar refractivity (Wildman–Crippen MR) is 142 cm³/mol. The number of hydrogen-bond acceptors (Lipinski definition) is 11. The first-order chi connectivity index (χ1) is 17.3. The Morgan fingerprint density at radius 3 is 1.36 bits per heavy atom. The van der Waals surface area contributed by atoms with E-state index in [4.69, 9.17) is 18.9 Å². The van der Waals surface area contributed by atoms with Gasteiger partial charge in [-0.3, -0.25) is 10.6 Å². The minimum Gasteiger partial charge on any atom is -0.458 e. The van der Waals surface area contributed by atoms with Gasteiger partial charge in [0.2, 0.25) is 5.96 Å². The van der Waals surface area contributed by atoms with Crippen LogP contribution in [0.5, 0.6) is 0 Å². The highest BCUT2D eigenvalue weighted by Gasteiger charge is 2.37. The molecule has 0 aliphatic rings. The number of rotatable bonds is 6. The fourth-order valence-electron chi connectivity index (χ4n) is 2.51. The van der Waals surface area contributed by atoms with Crippen molar-refractivity contribution in [2.24, 2.45) is 4.99 Å². The zero-order valence-corrected chi connectivity index (χ0v) is 25.0. The molecule has 3 atom stereocenters. The normalized spacial score (nSPS) is 14.6. The van der Waals surface area contributed by atoms with Crippen LogP contribution >= 0.6 is 0 Å². The summed E-state index contributed by atoms with van der Waals surface area (Å²) < 4.78 is 20.7. The maximum Gasteiger partial charge on any atom is 0.414 e. The predicted octanol–water partition coefficient (Wildman–Crippen LogP) is 2.35. The van der Waals surface area contributed by atoms with Crippen LogP contribution in [-0.2, 0) is 23.7 Å². The quantitative estimate of drug-likeness (QED) is 0.139. The van der Waals surface area contributed by atoms with Gasteiger partial charge in [-0.05, 0) is 83.1 Å². The Balaban J connectivity index is 5.89. The van der Waals surface area contributed by atoms with E-state index in [2.05, 4.69) is 20.9 Å². The molecule has 5 N–H and O–H groups in total. The summed E-state index contributed by atoms with van der Waals surface area (Å²) in [5, 5.41) is 28.0. The number of guanidine groups is 1. The van der Waals surface area contributed by atoms with Gasteiger partial charge in [0.1, 0.15) is 34.6 Å². The fourth-order valence-corrected chi connectivity index (χ4v) is 2.51. The Hall–Kier alpha value is -3.13. The smallest absolute Gasteiger partial charge is 0.414 e. The van der Waals surface area contributed by atoms with E-state index in [1.807, 2.05) is 0 Å². The van der Waals surface area contributed by atoms with Crippen molar-refractivity contribution in [1.29, 1.82) is 0 Å². The first-order valence-electron chi connectivity index (χ1n) is 12.4. The maximum absolute atomic E-state index is 12.8. The third-order valence-corrected chi connectivity index (χ3v) is 3.74. The number of aliphatic hydroxyl groups excluding tert-OH is 2. The minimum atomic E-state index is -1.93. The molecule has 0 saturated carbocycles. The van der Waals surface area contributed by atoms with E-state index in [0.717, 1.165) is 0 Å². The van der Waals surface area contributed by atoms with Gasteiger partial charge < -0.3 is 34.5 Å². The van der Waals surface area contributed by atoms with Crippen LogP contribution in [0.25, 0.3) is 0 Å². The number of nitrogens with one attached hydrogen (secondary N) is 3. The van der Waals surface area contributed by atoms with E-state index in [0.29, 0.717) is 0 Å². The summed E-state index contributed by atoms with van der Waals surface area (Å²) in [5.74, 6) is -1.50. The maximum atomic E-state index is 12.8. The molecule has 0 aromatic carbocycles. The zero-order chi connectivity index (χ0) is 31.0. The van der Waals surface area contributed by atoms with Crippen LogP contribution in [0.15, 0.2) is 4.99 Å². The molecule has 0 aromatic heterocycles. The number of hydrogen-bond donors (Lipinski definition) is 5. The van der Waals surface area contributed by atoms with Crippen LogP contribution < -0.4 is 16.0 Å². The third kappa shape index (κ3) is 17.9. The van der Waals surface area contributed by atoms with Crippen molar-refractivity contribution in [1.82, 2.24) is 16.0 Å². The number of esters is 1. The van der Waals surface area contributed by atoms with Gasteiger partial charge in [0.05, 0.1) is 6.54 Å². The molecule has 0 heterocycles. The molecule has 3 amide bonds. The molecule has 0 aliphatic heterocycles. The van der Waals surface area contributed by atoms with Gasteiger partial charge in [-0.15, -0.1) is 0 Å². The lowest BCUT2D eigenvalue weighted by molar-refractivity contribution is -0.162. The van der Waals surface area contributed by atoms with E-state index in [9.17, 15) is 29.4 Å². The van der Waals surface area contributed by atoms with E-state index in [-0.39, 0.29) is 0 Å². The van der Waals surface area contributed by atoms with E-state index in [1.165, 1.54) is 0 Å². The van der Waals surface area contributed by atoms with Crippen molar-refractivity contribution in [3.63, 3.8) is 0 Å². The molecule has 0 aromatic rings. The van der Waals surface area contributed by atoms with Gasteiger partial charge in [-0.1, -0.05) is 0 Å². The summed E-state index contributed by atoms with van der Waals surface area (Å²) in [6.45, 7) is 18.7. The highest BCUT2D eigenvalue weighted by atomic mass is 16.6. The van der Waals surface area contributed by atoms with E-state index >= 15 is 0 Å². The van der Waals surface area contributed by atoms with Crippen molar-refractivity contribution in [2.75, 3.05) is 6.54 Å². The first kappa shape index (κ1) is 35.9. The topological polar surface area (TPSA) is 194 Å². The lowest BCUT2D eigenvalue weighted by Gasteiger charge is -2.30. The Kier molecular flexibility index (Phi) is 12.7. The molecule has 0 unspecified atom stereocenters. The fraction of sp³-hybridized carbons (Fsp3) is 0.800. The second kappa shape index (κ2) is 13.8. The van der Waals surface area contributed by atoms with Crippen LogP contribution in [0.1, 0.15) is 83.1 Å². The standard InChI is InChI=1S/C25H46N4O10/c1-22(2,3)36-17(32)15(27-19(33)37-23(4,5)6)16(31)14(30)13-26-18(28-20(34)38-24(7,8)9)29-21(35)39-25(10,11)12/h14-16,30-31H,13H2,1-12H3,(H,27,33)(H2,26,28,29,34,35)/t14-,15-,16+/m0/s1. The molecule has 14 heteroatoms. The summed E-state index contributed by atoms with van der Waals surface area (Å²) in [5.41, 5.74) is -3.63. The van der Waals surface area contributed by atoms with E-state index in [1.54, 1.807) is 83.1 Å². The van der Waals surface area contributed by atoms with Gasteiger partial charge >= 0.3 is 24.2 Å². The number of alkyl carbamates (subject to hydrolysis) is 3. The third-order valence-electron chi connectivity index (χ3n) is 3.74. The lowest BCUT2D eigenvalue weighted by atomic mass is 10.0. The molecule has 0 fully saturated rings. The average molecular weight is 563 g/mol. The summed E-state index contributed by atoms with van der Waals surface area (Å²) in [7, 11) is 0. The largest absolute Gasteiger partial charge is 0.458 e. The van der Waals surface area contributed by atoms with Crippen LogP contribution in [0.3, 0.4) is 0 Å².